The Morgan fingerprint density at radius 3 is 1.52 bits per heavy atom. The summed E-state index contributed by atoms with van der Waals surface area (Å²) >= 11 is 0. The van der Waals surface area contributed by atoms with E-state index in [9.17, 15) is 13.2 Å². The van der Waals surface area contributed by atoms with Crippen LogP contribution in [0.2, 0.25) is 0 Å². The monoisotopic (exact) mass is 460 g/mol. The van der Waals surface area contributed by atoms with Gasteiger partial charge in [0.15, 0.2) is 0 Å². The summed E-state index contributed by atoms with van der Waals surface area (Å²) in [6, 6.07) is 0. The Morgan fingerprint density at radius 2 is 1.10 bits per heavy atom. The SMILES string of the molecule is CCCCCCCC/C=C\CCCCCCCC(=O)OS(=O)(=O)O.O=S(=O)(O)O. The van der Waals surface area contributed by atoms with Crippen LogP contribution in [0.4, 0.5) is 0 Å². The van der Waals surface area contributed by atoms with Gasteiger partial charge in [0.25, 0.3) is 0 Å². The zero-order chi connectivity index (χ0) is 22.6. The molecule has 0 atom stereocenters. The van der Waals surface area contributed by atoms with E-state index in [-0.39, 0.29) is 6.42 Å². The number of carbonyl (C=O) groups is 1. The number of rotatable bonds is 16. The Kier molecular flexibility index (Phi) is 19.8. The van der Waals surface area contributed by atoms with Crippen LogP contribution in [0.1, 0.15) is 96.8 Å². The minimum Gasteiger partial charge on any atom is -0.325 e. The van der Waals surface area contributed by atoms with Gasteiger partial charge in [-0.25, -0.2) is 0 Å². The molecule has 3 N–H and O–H groups in total. The first kappa shape index (κ1) is 30.2. The van der Waals surface area contributed by atoms with E-state index >= 15 is 0 Å². The number of hydrogen-bond acceptors (Lipinski definition) is 6. The van der Waals surface area contributed by atoms with E-state index in [4.69, 9.17) is 22.1 Å². The molecule has 0 aliphatic carbocycles. The highest BCUT2D eigenvalue weighted by Crippen LogP contribution is 2.10. The Bertz CT molecular complexity index is 618. The van der Waals surface area contributed by atoms with Crippen LogP contribution in [0.15, 0.2) is 12.2 Å². The smallest absolute Gasteiger partial charge is 0.325 e. The minimum atomic E-state index is -4.67. The first-order valence-corrected chi connectivity index (χ1v) is 12.8. The molecule has 0 saturated heterocycles. The normalized spacial score (nSPS) is 11.9. The van der Waals surface area contributed by atoms with Crippen LogP contribution in [0, 0.1) is 0 Å². The molecule has 174 valence electrons. The fraction of sp³-hybridized carbons (Fsp3) is 0.833. The van der Waals surface area contributed by atoms with Crippen molar-refractivity contribution in [2.45, 2.75) is 96.8 Å². The lowest BCUT2D eigenvalue weighted by molar-refractivity contribution is -0.134. The summed E-state index contributed by atoms with van der Waals surface area (Å²) < 4.78 is 64.4. The van der Waals surface area contributed by atoms with Crippen LogP contribution in [0.5, 0.6) is 0 Å². The molecule has 0 radical (unpaired) electrons. The van der Waals surface area contributed by atoms with E-state index < -0.39 is 26.8 Å². The summed E-state index contributed by atoms with van der Waals surface area (Å²) in [5, 5.41) is 0. The molecule has 0 aliphatic rings. The summed E-state index contributed by atoms with van der Waals surface area (Å²) in [4.78, 5) is 11.0. The van der Waals surface area contributed by atoms with Crippen LogP contribution >= 0.6 is 0 Å². The molecular weight excluding hydrogens is 424 g/mol. The molecular formula is C18H36O9S2. The van der Waals surface area contributed by atoms with Gasteiger partial charge in [-0.2, -0.15) is 16.8 Å². The molecule has 9 nitrogen and oxygen atoms in total. The van der Waals surface area contributed by atoms with Crippen molar-refractivity contribution in [3.05, 3.63) is 12.2 Å². The first-order chi connectivity index (χ1) is 13.5. The Hall–Kier alpha value is -1.01. The van der Waals surface area contributed by atoms with E-state index in [1.165, 1.54) is 44.9 Å². The van der Waals surface area contributed by atoms with Gasteiger partial charge in [0.1, 0.15) is 0 Å². The molecule has 0 bridgehead atoms. The molecule has 11 heteroatoms. The molecule has 0 unspecified atom stereocenters. The van der Waals surface area contributed by atoms with Crippen LogP contribution in [-0.4, -0.2) is 36.5 Å². The summed E-state index contributed by atoms with van der Waals surface area (Å²) in [6.45, 7) is 2.24. The molecule has 0 heterocycles. The Morgan fingerprint density at radius 1 is 0.724 bits per heavy atom. The fourth-order valence-electron chi connectivity index (χ4n) is 2.50. The van der Waals surface area contributed by atoms with Gasteiger partial charge >= 0.3 is 26.8 Å². The van der Waals surface area contributed by atoms with Crippen molar-refractivity contribution in [1.29, 1.82) is 0 Å². The number of unbranched alkanes of at least 4 members (excludes halogenated alkanes) is 11. The van der Waals surface area contributed by atoms with Crippen LogP contribution in [-0.2, 0) is 29.8 Å². The first-order valence-electron chi connectivity index (χ1n) is 10.00. The molecule has 0 aromatic rings. The average Bonchev–Trinajstić information content (AvgIpc) is 2.55. The lowest BCUT2D eigenvalue weighted by Crippen LogP contribution is -2.11. The maximum Gasteiger partial charge on any atom is 0.448 e. The zero-order valence-corrected chi connectivity index (χ0v) is 18.8. The van der Waals surface area contributed by atoms with E-state index in [2.05, 4.69) is 23.3 Å². The van der Waals surface area contributed by atoms with Crippen molar-refractivity contribution in [1.82, 2.24) is 0 Å². The molecule has 0 aromatic carbocycles. The van der Waals surface area contributed by atoms with Crippen molar-refractivity contribution in [3.63, 3.8) is 0 Å². The summed E-state index contributed by atoms with van der Waals surface area (Å²) in [6.07, 6.45) is 19.6. The second kappa shape index (κ2) is 19.0. The van der Waals surface area contributed by atoms with E-state index in [0.29, 0.717) is 6.42 Å². The maximum atomic E-state index is 11.0. The summed E-state index contributed by atoms with van der Waals surface area (Å²) in [5.74, 6) is -0.893. The van der Waals surface area contributed by atoms with Crippen molar-refractivity contribution in [3.8, 4) is 0 Å². The average molecular weight is 461 g/mol. The van der Waals surface area contributed by atoms with E-state index in [1.54, 1.807) is 0 Å². The lowest BCUT2D eigenvalue weighted by atomic mass is 10.1. The van der Waals surface area contributed by atoms with E-state index in [0.717, 1.165) is 32.1 Å². The second-order valence-corrected chi connectivity index (χ2v) is 8.58. The Balaban J connectivity index is 0. The van der Waals surface area contributed by atoms with Crippen molar-refractivity contribution >= 4 is 26.8 Å². The highest BCUT2D eigenvalue weighted by Gasteiger charge is 2.12. The van der Waals surface area contributed by atoms with Crippen LogP contribution in [0.3, 0.4) is 0 Å². The summed E-state index contributed by atoms with van der Waals surface area (Å²) in [7, 11) is -9.32. The molecule has 0 amide bonds. The molecule has 0 spiro atoms. The van der Waals surface area contributed by atoms with Crippen molar-refractivity contribution in [2.24, 2.45) is 0 Å². The molecule has 0 aliphatic heterocycles. The number of allylic oxidation sites excluding steroid dienone is 2. The number of hydrogen-bond donors (Lipinski definition) is 3. The predicted octanol–water partition coefficient (Wildman–Crippen LogP) is 4.72. The largest absolute Gasteiger partial charge is 0.448 e. The number of carbonyl (C=O) groups excluding carboxylic acids is 1. The minimum absolute atomic E-state index is 0.0257. The van der Waals surface area contributed by atoms with Gasteiger partial charge < -0.3 is 4.18 Å². The second-order valence-electron chi connectivity index (χ2n) is 6.67. The standard InChI is InChI=1S/C18H34O5S.H2O4S/c1-2-3-4-5-6-7-8-9-10-11-12-13-14-15-16-17-18(19)23-24(20,21)22;1-5(2,3)4/h9-10H,2-8,11-17H2,1H3,(H,20,21,22);(H2,1,2,3,4)/b10-9-;. The highest BCUT2D eigenvalue weighted by molar-refractivity contribution is 7.81. The third kappa shape index (κ3) is 38.3. The fourth-order valence-corrected chi connectivity index (χ4v) is 2.82. The third-order valence-corrected chi connectivity index (χ3v) is 4.24. The maximum absolute atomic E-state index is 11.0. The van der Waals surface area contributed by atoms with Crippen LogP contribution < -0.4 is 0 Å². The quantitative estimate of drug-likeness (QED) is 0.168. The molecule has 0 aromatic heterocycles. The highest BCUT2D eigenvalue weighted by atomic mass is 32.3. The summed E-state index contributed by atoms with van der Waals surface area (Å²) in [5.41, 5.74) is 0. The molecule has 0 fully saturated rings. The molecule has 0 rings (SSSR count). The van der Waals surface area contributed by atoms with Crippen molar-refractivity contribution in [2.75, 3.05) is 0 Å². The van der Waals surface area contributed by atoms with Gasteiger partial charge in [0.2, 0.25) is 0 Å². The van der Waals surface area contributed by atoms with Gasteiger partial charge in [-0.1, -0.05) is 70.4 Å². The Labute approximate surface area is 175 Å². The van der Waals surface area contributed by atoms with Crippen LogP contribution in [0.25, 0.3) is 0 Å². The molecule has 0 saturated carbocycles. The third-order valence-electron chi connectivity index (χ3n) is 3.84. The van der Waals surface area contributed by atoms with Gasteiger partial charge in [0, 0.05) is 6.42 Å². The van der Waals surface area contributed by atoms with Gasteiger partial charge in [-0.15, -0.1) is 0 Å². The van der Waals surface area contributed by atoms with Gasteiger partial charge in [-0.05, 0) is 32.1 Å². The van der Waals surface area contributed by atoms with Crippen molar-refractivity contribution < 1.29 is 39.5 Å². The topological polar surface area (TPSA) is 155 Å². The molecule has 29 heavy (non-hydrogen) atoms. The van der Waals surface area contributed by atoms with E-state index in [1.807, 2.05) is 0 Å². The predicted molar refractivity (Wildman–Crippen MR) is 111 cm³/mol. The van der Waals surface area contributed by atoms with Gasteiger partial charge in [-0.3, -0.25) is 18.5 Å². The zero-order valence-electron chi connectivity index (χ0n) is 17.2. The van der Waals surface area contributed by atoms with Gasteiger partial charge in [0.05, 0.1) is 0 Å². The lowest BCUT2D eigenvalue weighted by Gasteiger charge is -2.01.